The van der Waals surface area contributed by atoms with Crippen molar-refractivity contribution in [3.8, 4) is 0 Å². The topological polar surface area (TPSA) is 39.2 Å². The van der Waals surface area contributed by atoms with Gasteiger partial charge in [-0.2, -0.15) is 4.39 Å². The van der Waals surface area contributed by atoms with E-state index < -0.39 is 11.9 Å². The molecule has 0 bridgehead atoms. The third kappa shape index (κ3) is 1.79. The Labute approximate surface area is 85.5 Å². The van der Waals surface area contributed by atoms with E-state index in [2.05, 4.69) is 9.72 Å². The summed E-state index contributed by atoms with van der Waals surface area (Å²) in [5.41, 5.74) is 0.399. The van der Waals surface area contributed by atoms with Crippen molar-refractivity contribution in [3.63, 3.8) is 0 Å². The highest BCUT2D eigenvalue weighted by atomic mass is 19.1. The average Bonchev–Trinajstić information content (AvgIpc) is 2.27. The van der Waals surface area contributed by atoms with Crippen LogP contribution in [0.4, 0.5) is 4.39 Å². The van der Waals surface area contributed by atoms with E-state index in [1.165, 1.54) is 19.4 Å². The minimum atomic E-state index is -0.565. The first kappa shape index (κ1) is 9.58. The average molecular weight is 205 g/mol. The molecule has 3 nitrogen and oxygen atoms in total. The van der Waals surface area contributed by atoms with Gasteiger partial charge < -0.3 is 4.74 Å². The number of aromatic nitrogens is 1. The Morgan fingerprint density at radius 3 is 2.87 bits per heavy atom. The molecule has 2 rings (SSSR count). The number of carbonyl (C=O) groups is 1. The molecular weight excluding hydrogens is 197 g/mol. The molecule has 0 aliphatic heterocycles. The number of benzene rings is 1. The lowest BCUT2D eigenvalue weighted by Gasteiger charge is -2.01. The highest BCUT2D eigenvalue weighted by Crippen LogP contribution is 2.16. The van der Waals surface area contributed by atoms with Gasteiger partial charge in [0.15, 0.2) is 0 Å². The number of nitrogens with zero attached hydrogens (tertiary/aromatic N) is 1. The minimum Gasteiger partial charge on any atom is -0.465 e. The molecule has 1 aromatic carbocycles. The van der Waals surface area contributed by atoms with Gasteiger partial charge >= 0.3 is 5.97 Å². The predicted octanol–water partition coefficient (Wildman–Crippen LogP) is 2.16. The Morgan fingerprint density at radius 1 is 1.33 bits per heavy atom. The first-order valence-electron chi connectivity index (χ1n) is 4.34. The van der Waals surface area contributed by atoms with Crippen LogP contribution in [0.1, 0.15) is 10.4 Å². The molecule has 0 spiro atoms. The molecule has 0 fully saturated rings. The number of fused-ring (bicyclic) bond motifs is 1. The quantitative estimate of drug-likeness (QED) is 0.529. The van der Waals surface area contributed by atoms with Crippen LogP contribution < -0.4 is 0 Å². The Bertz CT molecular complexity index is 525. The highest BCUT2D eigenvalue weighted by Gasteiger charge is 2.06. The zero-order valence-corrected chi connectivity index (χ0v) is 8.03. The van der Waals surface area contributed by atoms with Crippen LogP contribution in [0, 0.1) is 5.95 Å². The summed E-state index contributed by atoms with van der Waals surface area (Å²) >= 11 is 0. The van der Waals surface area contributed by atoms with Gasteiger partial charge in [0.1, 0.15) is 0 Å². The fourth-order valence-electron chi connectivity index (χ4n) is 1.36. The summed E-state index contributed by atoms with van der Waals surface area (Å²) in [6.07, 6.45) is 1.42. The summed E-state index contributed by atoms with van der Waals surface area (Å²) in [7, 11) is 1.31. The van der Waals surface area contributed by atoms with E-state index in [4.69, 9.17) is 0 Å². The van der Waals surface area contributed by atoms with Crippen LogP contribution in [0.15, 0.2) is 30.5 Å². The summed E-state index contributed by atoms with van der Waals surface area (Å²) in [6.45, 7) is 0. The number of hydrogen-bond acceptors (Lipinski definition) is 3. The third-order valence-corrected chi connectivity index (χ3v) is 2.11. The molecule has 0 N–H and O–H groups in total. The Morgan fingerprint density at radius 2 is 2.13 bits per heavy atom. The number of methoxy groups -OCH3 is 1. The first-order chi connectivity index (χ1) is 7.20. The van der Waals surface area contributed by atoms with E-state index in [0.29, 0.717) is 10.9 Å². The van der Waals surface area contributed by atoms with Crippen LogP contribution in [-0.2, 0) is 4.74 Å². The second-order valence-electron chi connectivity index (χ2n) is 3.06. The van der Waals surface area contributed by atoms with E-state index in [9.17, 15) is 9.18 Å². The molecule has 0 saturated heterocycles. The van der Waals surface area contributed by atoms with Gasteiger partial charge in [-0.1, -0.05) is 6.07 Å². The van der Waals surface area contributed by atoms with E-state index in [0.717, 1.165) is 5.39 Å². The first-order valence-corrected chi connectivity index (χ1v) is 4.34. The summed E-state index contributed by atoms with van der Waals surface area (Å²) in [6, 6.07) is 6.18. The molecule has 0 aliphatic rings. The smallest absolute Gasteiger partial charge is 0.337 e. The van der Waals surface area contributed by atoms with Gasteiger partial charge in [0.25, 0.3) is 0 Å². The normalized spacial score (nSPS) is 10.3. The van der Waals surface area contributed by atoms with Gasteiger partial charge in [-0.3, -0.25) is 0 Å². The van der Waals surface area contributed by atoms with Gasteiger partial charge in [0, 0.05) is 17.6 Å². The van der Waals surface area contributed by atoms with Gasteiger partial charge in [0.05, 0.1) is 12.7 Å². The molecular formula is C11H8FNO2. The number of hydrogen-bond donors (Lipinski definition) is 0. The number of rotatable bonds is 1. The fourth-order valence-corrected chi connectivity index (χ4v) is 1.36. The molecule has 0 amide bonds. The van der Waals surface area contributed by atoms with Crippen molar-refractivity contribution in [1.29, 1.82) is 0 Å². The monoisotopic (exact) mass is 205 g/mol. The summed E-state index contributed by atoms with van der Waals surface area (Å²) in [4.78, 5) is 14.7. The molecule has 4 heteroatoms. The Hall–Kier alpha value is -1.97. The van der Waals surface area contributed by atoms with Crippen LogP contribution in [0.25, 0.3) is 10.8 Å². The standard InChI is InChI=1S/C11H8FNO2/c1-15-11(14)7-2-3-8-6-13-10(12)5-9(8)4-7/h2-6H,1H3. The van der Waals surface area contributed by atoms with Crippen LogP contribution in [-0.4, -0.2) is 18.1 Å². The molecule has 0 saturated carbocycles. The number of pyridine rings is 1. The summed E-state index contributed by atoms with van der Waals surface area (Å²) in [5.74, 6) is -1.00. The van der Waals surface area contributed by atoms with Crippen molar-refractivity contribution >= 4 is 16.7 Å². The lowest BCUT2D eigenvalue weighted by molar-refractivity contribution is 0.0601. The van der Waals surface area contributed by atoms with Crippen LogP contribution in [0.2, 0.25) is 0 Å². The number of halogens is 1. The predicted molar refractivity (Wildman–Crippen MR) is 53.0 cm³/mol. The molecule has 76 valence electrons. The summed E-state index contributed by atoms with van der Waals surface area (Å²) < 4.78 is 17.4. The second kappa shape index (κ2) is 3.65. The molecule has 0 aliphatic carbocycles. The van der Waals surface area contributed by atoms with Crippen molar-refractivity contribution in [1.82, 2.24) is 4.98 Å². The minimum absolute atomic E-state index is 0.399. The number of esters is 1. The molecule has 1 heterocycles. The van der Waals surface area contributed by atoms with Crippen LogP contribution >= 0.6 is 0 Å². The van der Waals surface area contributed by atoms with Crippen molar-refractivity contribution < 1.29 is 13.9 Å². The van der Waals surface area contributed by atoms with Crippen molar-refractivity contribution in [2.75, 3.05) is 7.11 Å². The Balaban J connectivity index is 2.59. The third-order valence-electron chi connectivity index (χ3n) is 2.11. The van der Waals surface area contributed by atoms with Crippen LogP contribution in [0.3, 0.4) is 0 Å². The maximum atomic E-state index is 12.8. The fraction of sp³-hybridized carbons (Fsp3) is 0.0909. The largest absolute Gasteiger partial charge is 0.465 e. The zero-order chi connectivity index (χ0) is 10.8. The lowest BCUT2D eigenvalue weighted by atomic mass is 10.1. The SMILES string of the molecule is COC(=O)c1ccc2cnc(F)cc2c1. The van der Waals surface area contributed by atoms with Gasteiger partial charge in [-0.15, -0.1) is 0 Å². The Kier molecular flexibility index (Phi) is 2.33. The second-order valence-corrected chi connectivity index (χ2v) is 3.06. The highest BCUT2D eigenvalue weighted by molar-refractivity contribution is 5.95. The van der Waals surface area contributed by atoms with Crippen molar-refractivity contribution in [3.05, 3.63) is 42.0 Å². The van der Waals surface area contributed by atoms with Crippen molar-refractivity contribution in [2.24, 2.45) is 0 Å². The number of ether oxygens (including phenoxy) is 1. The molecule has 0 unspecified atom stereocenters. The maximum Gasteiger partial charge on any atom is 0.337 e. The van der Waals surface area contributed by atoms with Gasteiger partial charge in [-0.05, 0) is 17.5 Å². The maximum absolute atomic E-state index is 12.8. The summed E-state index contributed by atoms with van der Waals surface area (Å²) in [5, 5.41) is 1.41. The molecule has 1 aromatic heterocycles. The van der Waals surface area contributed by atoms with E-state index in [1.54, 1.807) is 18.2 Å². The molecule has 15 heavy (non-hydrogen) atoms. The van der Waals surface area contributed by atoms with Gasteiger partial charge in [-0.25, -0.2) is 9.78 Å². The molecule has 2 aromatic rings. The molecule has 0 atom stereocenters. The number of carbonyl (C=O) groups excluding carboxylic acids is 1. The van der Waals surface area contributed by atoms with Crippen LogP contribution in [0.5, 0.6) is 0 Å². The van der Waals surface area contributed by atoms with E-state index in [1.807, 2.05) is 0 Å². The lowest BCUT2D eigenvalue weighted by Crippen LogP contribution is -2.00. The zero-order valence-electron chi connectivity index (χ0n) is 8.03. The van der Waals surface area contributed by atoms with E-state index in [-0.39, 0.29) is 0 Å². The van der Waals surface area contributed by atoms with E-state index >= 15 is 0 Å². The van der Waals surface area contributed by atoms with Gasteiger partial charge in [0.2, 0.25) is 5.95 Å². The molecule has 0 radical (unpaired) electrons. The van der Waals surface area contributed by atoms with Crippen molar-refractivity contribution in [2.45, 2.75) is 0 Å².